The Balaban J connectivity index is 1.31. The quantitative estimate of drug-likeness (QED) is 0.308. The second-order valence-electron chi connectivity index (χ2n) is 9.42. The number of carbonyl (C=O) groups excluding carboxylic acids is 2. The Kier molecular flexibility index (Phi) is 9.99. The molecule has 204 valence electrons. The van der Waals surface area contributed by atoms with E-state index < -0.39 is 12.0 Å². The van der Waals surface area contributed by atoms with Crippen molar-refractivity contribution in [2.75, 3.05) is 37.6 Å². The molecule has 0 spiro atoms. The zero-order valence-corrected chi connectivity index (χ0v) is 22.7. The molecule has 1 atom stereocenters. The molecule has 0 aromatic heterocycles. The van der Waals surface area contributed by atoms with E-state index in [-0.39, 0.29) is 24.8 Å². The lowest BCUT2D eigenvalue weighted by molar-refractivity contribution is -0.141. The molecule has 9 heteroatoms. The van der Waals surface area contributed by atoms with Crippen LogP contribution in [0.2, 0.25) is 0 Å². The number of allylic oxidation sites excluding steroid dienone is 3. The van der Waals surface area contributed by atoms with Crippen LogP contribution in [-0.4, -0.2) is 70.9 Å². The molecule has 39 heavy (non-hydrogen) atoms. The average Bonchev–Trinajstić information content (AvgIpc) is 2.94. The van der Waals surface area contributed by atoms with Crippen LogP contribution in [0.15, 0.2) is 96.1 Å². The zero-order valence-electron chi connectivity index (χ0n) is 21.9. The van der Waals surface area contributed by atoms with E-state index in [2.05, 4.69) is 24.0 Å². The lowest BCUT2D eigenvalue weighted by Crippen LogP contribution is -2.49. The molecule has 0 bridgehead atoms. The minimum absolute atomic E-state index is 0.0288. The number of aliphatic carboxylic acids is 1. The number of nitrogens with zero attached hydrogens (tertiary/aromatic N) is 3. The van der Waals surface area contributed by atoms with Crippen molar-refractivity contribution in [3.63, 3.8) is 0 Å². The average molecular weight is 547 g/mol. The Morgan fingerprint density at radius 3 is 2.51 bits per heavy atom. The highest BCUT2D eigenvalue weighted by atomic mass is 32.2. The van der Waals surface area contributed by atoms with Gasteiger partial charge < -0.3 is 20.2 Å². The van der Waals surface area contributed by atoms with Crippen molar-refractivity contribution >= 4 is 35.4 Å². The maximum atomic E-state index is 12.8. The molecule has 0 saturated carbocycles. The fraction of sp³-hybridized carbons (Fsp3) is 0.300. The van der Waals surface area contributed by atoms with Crippen LogP contribution in [0.25, 0.3) is 0 Å². The van der Waals surface area contributed by atoms with Gasteiger partial charge in [-0.1, -0.05) is 48.6 Å². The fourth-order valence-corrected chi connectivity index (χ4v) is 5.49. The van der Waals surface area contributed by atoms with Gasteiger partial charge in [-0.05, 0) is 60.7 Å². The molecular weight excluding hydrogens is 512 g/mol. The summed E-state index contributed by atoms with van der Waals surface area (Å²) < 4.78 is 1.83. The predicted octanol–water partition coefficient (Wildman–Crippen LogP) is 3.88. The molecule has 0 radical (unpaired) electrons. The van der Waals surface area contributed by atoms with Gasteiger partial charge in [-0.2, -0.15) is 0 Å². The van der Waals surface area contributed by atoms with E-state index in [0.717, 1.165) is 34.7 Å². The van der Waals surface area contributed by atoms with Crippen LogP contribution in [0.4, 0.5) is 5.69 Å². The van der Waals surface area contributed by atoms with Crippen LogP contribution in [0.3, 0.4) is 0 Å². The van der Waals surface area contributed by atoms with Gasteiger partial charge in [-0.15, -0.1) is 6.58 Å². The van der Waals surface area contributed by atoms with E-state index >= 15 is 0 Å². The van der Waals surface area contributed by atoms with E-state index in [9.17, 15) is 19.5 Å². The lowest BCUT2D eigenvalue weighted by atomic mass is 10.0. The topological polar surface area (TPSA) is 93.2 Å². The summed E-state index contributed by atoms with van der Waals surface area (Å²) in [4.78, 5) is 42.3. The summed E-state index contributed by atoms with van der Waals surface area (Å²) >= 11 is 1.42. The Morgan fingerprint density at radius 2 is 1.87 bits per heavy atom. The minimum Gasteiger partial charge on any atom is -0.480 e. The molecule has 1 saturated heterocycles. The fourth-order valence-electron chi connectivity index (χ4n) is 4.55. The number of carboxylic acid groups (broad SMARTS) is 1. The Morgan fingerprint density at radius 1 is 1.10 bits per heavy atom. The number of nitrogens with one attached hydrogen (secondary N) is 1. The van der Waals surface area contributed by atoms with Crippen LogP contribution in [0, 0.1) is 0 Å². The van der Waals surface area contributed by atoms with Crippen molar-refractivity contribution in [2.24, 2.45) is 0 Å². The molecule has 2 aromatic carbocycles. The lowest BCUT2D eigenvalue weighted by Gasteiger charge is -2.36. The van der Waals surface area contributed by atoms with Crippen molar-refractivity contribution in [3.8, 4) is 0 Å². The second kappa shape index (κ2) is 13.8. The summed E-state index contributed by atoms with van der Waals surface area (Å²) in [5, 5.41) is 12.4. The highest BCUT2D eigenvalue weighted by Gasteiger charge is 2.26. The van der Waals surface area contributed by atoms with Crippen molar-refractivity contribution in [3.05, 3.63) is 96.7 Å². The molecule has 1 fully saturated rings. The Labute approximate surface area is 233 Å². The van der Waals surface area contributed by atoms with Crippen LogP contribution >= 0.6 is 11.9 Å². The monoisotopic (exact) mass is 546 g/mol. The molecule has 8 nitrogen and oxygen atoms in total. The van der Waals surface area contributed by atoms with Crippen molar-refractivity contribution < 1.29 is 19.5 Å². The molecule has 2 aromatic rings. The number of hydrogen-bond donors (Lipinski definition) is 2. The first-order chi connectivity index (χ1) is 18.9. The van der Waals surface area contributed by atoms with Gasteiger partial charge in [-0.3, -0.25) is 9.59 Å². The van der Waals surface area contributed by atoms with Crippen LogP contribution < -0.4 is 10.2 Å². The highest BCUT2D eigenvalue weighted by molar-refractivity contribution is 7.97. The molecule has 1 aliphatic carbocycles. The maximum absolute atomic E-state index is 12.8. The first-order valence-corrected chi connectivity index (χ1v) is 13.8. The third kappa shape index (κ3) is 8.08. The number of hydrogen-bond acceptors (Lipinski definition) is 6. The maximum Gasteiger partial charge on any atom is 0.326 e. The summed E-state index contributed by atoms with van der Waals surface area (Å²) in [6.45, 7) is 5.88. The van der Waals surface area contributed by atoms with E-state index in [1.54, 1.807) is 6.08 Å². The molecule has 4 rings (SSSR count). The van der Waals surface area contributed by atoms with Gasteiger partial charge in [0.1, 0.15) is 6.04 Å². The number of benzene rings is 2. The van der Waals surface area contributed by atoms with Crippen molar-refractivity contribution in [1.82, 2.24) is 14.5 Å². The summed E-state index contributed by atoms with van der Waals surface area (Å²) in [6, 6.07) is 16.1. The van der Waals surface area contributed by atoms with Crippen LogP contribution in [0.5, 0.6) is 0 Å². The number of carbonyl (C=O) groups is 3. The third-order valence-electron chi connectivity index (χ3n) is 6.51. The SMILES string of the molecule is C=CCN(CC(=O)NC(Cc1ccc(N2CCN(C3=CCCC=C3)C(=O)C2)cc1)C(=O)O)Sc1ccccc1. The number of anilines is 1. The van der Waals surface area contributed by atoms with Crippen molar-refractivity contribution in [2.45, 2.75) is 30.2 Å². The van der Waals surface area contributed by atoms with Crippen LogP contribution in [-0.2, 0) is 20.8 Å². The summed E-state index contributed by atoms with van der Waals surface area (Å²) in [7, 11) is 0. The minimum atomic E-state index is -1.09. The highest BCUT2D eigenvalue weighted by Crippen LogP contribution is 2.23. The molecule has 2 aliphatic rings. The van der Waals surface area contributed by atoms with Gasteiger partial charge in [0, 0.05) is 42.3 Å². The molecular formula is C30H34N4O4S. The summed E-state index contributed by atoms with van der Waals surface area (Å²) in [6.07, 6.45) is 10.1. The number of piperazine rings is 1. The zero-order chi connectivity index (χ0) is 27.6. The van der Waals surface area contributed by atoms with Gasteiger partial charge in [0.25, 0.3) is 0 Å². The first-order valence-electron chi connectivity index (χ1n) is 13.0. The van der Waals surface area contributed by atoms with E-state index in [1.807, 2.05) is 74.8 Å². The summed E-state index contributed by atoms with van der Waals surface area (Å²) in [5.74, 6) is -1.40. The smallest absolute Gasteiger partial charge is 0.326 e. The normalized spacial score (nSPS) is 16.1. The largest absolute Gasteiger partial charge is 0.480 e. The first kappa shape index (κ1) is 28.2. The van der Waals surface area contributed by atoms with E-state index in [1.165, 1.54) is 11.9 Å². The summed E-state index contributed by atoms with van der Waals surface area (Å²) in [5.41, 5.74) is 2.68. The van der Waals surface area contributed by atoms with Gasteiger partial charge in [0.15, 0.2) is 0 Å². The standard InChI is InChI=1S/C30H34N4O4S/c1-2-17-33(39-26-11-7-4-8-12-26)21-28(35)31-27(30(37)38)20-23-13-15-24(16-14-23)32-18-19-34(29(36)22-32)25-9-5-3-6-10-25/h2,4-5,7-16,27H,1,3,6,17-22H2,(H,31,35)(H,37,38). The molecule has 2 N–H and O–H groups in total. The van der Waals surface area contributed by atoms with Gasteiger partial charge >= 0.3 is 5.97 Å². The van der Waals surface area contributed by atoms with Gasteiger partial charge in [0.2, 0.25) is 11.8 Å². The van der Waals surface area contributed by atoms with E-state index in [4.69, 9.17) is 0 Å². The van der Waals surface area contributed by atoms with E-state index in [0.29, 0.717) is 26.2 Å². The van der Waals surface area contributed by atoms with Crippen molar-refractivity contribution in [1.29, 1.82) is 0 Å². The predicted molar refractivity (Wildman–Crippen MR) is 154 cm³/mol. The van der Waals surface area contributed by atoms with Gasteiger partial charge in [-0.25, -0.2) is 9.10 Å². The van der Waals surface area contributed by atoms with Gasteiger partial charge in [0.05, 0.1) is 13.1 Å². The second-order valence-corrected chi connectivity index (χ2v) is 10.6. The molecule has 1 heterocycles. The van der Waals surface area contributed by atoms with Crippen LogP contribution in [0.1, 0.15) is 18.4 Å². The third-order valence-corrected chi connectivity index (χ3v) is 7.53. The number of carboxylic acids is 1. The number of amides is 2. The Hall–Kier alpha value is -3.82. The molecule has 2 amide bonds. The molecule has 1 aliphatic heterocycles. The number of rotatable bonds is 12. The molecule has 1 unspecified atom stereocenters. The Bertz CT molecular complexity index is 1230.